The summed E-state index contributed by atoms with van der Waals surface area (Å²) in [4.78, 5) is 4.27. The molecule has 0 radical (unpaired) electrons. The molecular formula is C11H17BrN2O2. The van der Waals surface area contributed by atoms with Crippen LogP contribution in [-0.4, -0.2) is 38.5 Å². The predicted molar refractivity (Wildman–Crippen MR) is 67.9 cm³/mol. The molecule has 0 saturated carbocycles. The highest BCUT2D eigenvalue weighted by Gasteiger charge is 1.99. The Morgan fingerprint density at radius 1 is 1.38 bits per heavy atom. The van der Waals surface area contributed by atoms with E-state index in [0.29, 0.717) is 19.8 Å². The molecule has 0 atom stereocenters. The molecule has 0 amide bonds. The first-order valence-electron chi connectivity index (χ1n) is 5.16. The number of aryl methyl sites for hydroxylation is 1. The lowest BCUT2D eigenvalue weighted by Crippen LogP contribution is -2.13. The predicted octanol–water partition coefficient (Wildman–Crippen LogP) is 2.23. The Balaban J connectivity index is 2.21. The molecule has 1 aromatic heterocycles. The van der Waals surface area contributed by atoms with Gasteiger partial charge in [0.25, 0.3) is 0 Å². The third-order valence-electron chi connectivity index (χ3n) is 2.02. The van der Waals surface area contributed by atoms with E-state index in [4.69, 9.17) is 9.47 Å². The zero-order chi connectivity index (χ0) is 11.8. The van der Waals surface area contributed by atoms with Crippen molar-refractivity contribution in [1.29, 1.82) is 0 Å². The first kappa shape index (κ1) is 13.4. The molecule has 4 nitrogen and oxygen atoms in total. The van der Waals surface area contributed by atoms with Crippen LogP contribution in [0.1, 0.15) is 5.56 Å². The van der Waals surface area contributed by atoms with E-state index < -0.39 is 0 Å². The topological polar surface area (TPSA) is 43.4 Å². The van der Waals surface area contributed by atoms with Gasteiger partial charge < -0.3 is 14.8 Å². The quantitative estimate of drug-likeness (QED) is 0.782. The second kappa shape index (κ2) is 7.60. The van der Waals surface area contributed by atoms with E-state index in [-0.39, 0.29) is 0 Å². The number of anilines is 1. The lowest BCUT2D eigenvalue weighted by Gasteiger charge is -2.08. The van der Waals surface area contributed by atoms with E-state index in [2.05, 4.69) is 26.2 Å². The van der Waals surface area contributed by atoms with Crippen LogP contribution in [-0.2, 0) is 9.47 Å². The van der Waals surface area contributed by atoms with Crippen LogP contribution in [0.25, 0.3) is 0 Å². The molecule has 16 heavy (non-hydrogen) atoms. The number of nitrogens with one attached hydrogen (secondary N) is 1. The van der Waals surface area contributed by atoms with E-state index >= 15 is 0 Å². The minimum absolute atomic E-state index is 0.630. The molecule has 0 aromatic carbocycles. The normalized spacial score (nSPS) is 10.4. The Kier molecular flexibility index (Phi) is 6.37. The van der Waals surface area contributed by atoms with Crippen LogP contribution < -0.4 is 5.32 Å². The summed E-state index contributed by atoms with van der Waals surface area (Å²) >= 11 is 3.38. The minimum atomic E-state index is 0.630. The van der Waals surface area contributed by atoms with Gasteiger partial charge in [-0.1, -0.05) is 0 Å². The van der Waals surface area contributed by atoms with Crippen molar-refractivity contribution < 1.29 is 9.47 Å². The summed E-state index contributed by atoms with van der Waals surface area (Å²) in [6, 6.07) is 2.03. The van der Waals surface area contributed by atoms with Gasteiger partial charge in [0.2, 0.25) is 0 Å². The summed E-state index contributed by atoms with van der Waals surface area (Å²) in [6.07, 6.45) is 1.78. The Bertz CT molecular complexity index is 321. The fourth-order valence-electron chi connectivity index (χ4n) is 1.21. The summed E-state index contributed by atoms with van der Waals surface area (Å²) in [5.74, 6) is 0.901. The molecule has 0 aliphatic heterocycles. The van der Waals surface area contributed by atoms with E-state index in [0.717, 1.165) is 22.4 Å². The third kappa shape index (κ3) is 4.92. The fourth-order valence-corrected chi connectivity index (χ4v) is 1.66. The summed E-state index contributed by atoms with van der Waals surface area (Å²) in [6.45, 7) is 4.69. The Morgan fingerprint density at radius 2 is 2.19 bits per heavy atom. The SMILES string of the molecule is COCCOCCNc1ncc(Br)cc1C. The van der Waals surface area contributed by atoms with Crippen LogP contribution in [0.2, 0.25) is 0 Å². The summed E-state index contributed by atoms with van der Waals surface area (Å²) in [5.41, 5.74) is 1.12. The second-order valence-electron chi connectivity index (χ2n) is 3.35. The largest absolute Gasteiger partial charge is 0.382 e. The van der Waals surface area contributed by atoms with Gasteiger partial charge in [0.1, 0.15) is 5.82 Å². The summed E-state index contributed by atoms with van der Waals surface area (Å²) < 4.78 is 11.2. The van der Waals surface area contributed by atoms with Crippen LogP contribution in [0.3, 0.4) is 0 Å². The Hall–Kier alpha value is -0.650. The summed E-state index contributed by atoms with van der Waals surface area (Å²) in [5, 5.41) is 3.22. The maximum Gasteiger partial charge on any atom is 0.128 e. The van der Waals surface area contributed by atoms with Gasteiger partial charge in [-0.3, -0.25) is 0 Å². The smallest absolute Gasteiger partial charge is 0.128 e. The number of nitrogens with zero attached hydrogens (tertiary/aromatic N) is 1. The Labute approximate surface area is 104 Å². The highest BCUT2D eigenvalue weighted by Crippen LogP contribution is 2.16. The Morgan fingerprint density at radius 3 is 2.88 bits per heavy atom. The van der Waals surface area contributed by atoms with Gasteiger partial charge in [0.15, 0.2) is 0 Å². The molecular weight excluding hydrogens is 272 g/mol. The van der Waals surface area contributed by atoms with Gasteiger partial charge in [-0.15, -0.1) is 0 Å². The van der Waals surface area contributed by atoms with E-state index in [1.165, 1.54) is 0 Å². The molecule has 0 bridgehead atoms. The van der Waals surface area contributed by atoms with Gasteiger partial charge in [0, 0.05) is 24.3 Å². The summed E-state index contributed by atoms with van der Waals surface area (Å²) in [7, 11) is 1.66. The lowest BCUT2D eigenvalue weighted by atomic mass is 10.3. The van der Waals surface area contributed by atoms with Gasteiger partial charge >= 0.3 is 0 Å². The van der Waals surface area contributed by atoms with Crippen LogP contribution in [0.15, 0.2) is 16.7 Å². The van der Waals surface area contributed by atoms with Gasteiger partial charge in [-0.05, 0) is 34.5 Å². The number of hydrogen-bond donors (Lipinski definition) is 1. The third-order valence-corrected chi connectivity index (χ3v) is 2.45. The molecule has 0 aliphatic carbocycles. The van der Waals surface area contributed by atoms with Crippen molar-refractivity contribution in [3.05, 3.63) is 22.3 Å². The molecule has 1 aromatic rings. The highest BCUT2D eigenvalue weighted by atomic mass is 79.9. The number of halogens is 1. The second-order valence-corrected chi connectivity index (χ2v) is 4.27. The highest BCUT2D eigenvalue weighted by molar-refractivity contribution is 9.10. The van der Waals surface area contributed by atoms with Crippen molar-refractivity contribution >= 4 is 21.7 Å². The average Bonchev–Trinajstić information content (AvgIpc) is 2.26. The molecule has 90 valence electrons. The molecule has 0 saturated heterocycles. The number of rotatable bonds is 7. The first-order valence-corrected chi connectivity index (χ1v) is 5.96. The lowest BCUT2D eigenvalue weighted by molar-refractivity contribution is 0.0759. The average molecular weight is 289 g/mol. The van der Waals surface area contributed by atoms with E-state index in [9.17, 15) is 0 Å². The zero-order valence-electron chi connectivity index (χ0n) is 9.62. The van der Waals surface area contributed by atoms with Gasteiger partial charge in [-0.2, -0.15) is 0 Å². The van der Waals surface area contributed by atoms with Crippen molar-refractivity contribution in [3.63, 3.8) is 0 Å². The monoisotopic (exact) mass is 288 g/mol. The molecule has 1 N–H and O–H groups in total. The van der Waals surface area contributed by atoms with E-state index in [1.54, 1.807) is 13.3 Å². The molecule has 0 aliphatic rings. The molecule has 0 spiro atoms. The van der Waals surface area contributed by atoms with Crippen molar-refractivity contribution in [2.75, 3.05) is 38.8 Å². The molecule has 1 heterocycles. The number of methoxy groups -OCH3 is 1. The fraction of sp³-hybridized carbons (Fsp3) is 0.545. The van der Waals surface area contributed by atoms with Crippen molar-refractivity contribution in [3.8, 4) is 0 Å². The maximum absolute atomic E-state index is 5.33. The zero-order valence-corrected chi connectivity index (χ0v) is 11.2. The van der Waals surface area contributed by atoms with Crippen LogP contribution in [0.5, 0.6) is 0 Å². The van der Waals surface area contributed by atoms with Crippen molar-refractivity contribution in [1.82, 2.24) is 4.98 Å². The molecule has 0 unspecified atom stereocenters. The first-order chi connectivity index (χ1) is 7.74. The van der Waals surface area contributed by atoms with Crippen molar-refractivity contribution in [2.24, 2.45) is 0 Å². The number of aromatic nitrogens is 1. The standard InChI is InChI=1S/C11H17BrN2O2/c1-9-7-10(12)8-14-11(9)13-3-4-16-6-5-15-2/h7-8H,3-6H2,1-2H3,(H,13,14). The minimum Gasteiger partial charge on any atom is -0.382 e. The van der Waals surface area contributed by atoms with Crippen molar-refractivity contribution in [2.45, 2.75) is 6.92 Å². The van der Waals surface area contributed by atoms with Gasteiger partial charge in [-0.25, -0.2) is 4.98 Å². The van der Waals surface area contributed by atoms with Crippen LogP contribution >= 0.6 is 15.9 Å². The number of pyridine rings is 1. The molecule has 1 rings (SSSR count). The van der Waals surface area contributed by atoms with Gasteiger partial charge in [0.05, 0.1) is 19.8 Å². The van der Waals surface area contributed by atoms with Crippen LogP contribution in [0, 0.1) is 6.92 Å². The molecule has 0 fully saturated rings. The van der Waals surface area contributed by atoms with Crippen LogP contribution in [0.4, 0.5) is 5.82 Å². The maximum atomic E-state index is 5.33. The molecule has 5 heteroatoms. The number of hydrogen-bond acceptors (Lipinski definition) is 4. The number of ether oxygens (including phenoxy) is 2. The van der Waals surface area contributed by atoms with E-state index in [1.807, 2.05) is 13.0 Å².